The van der Waals surface area contributed by atoms with Gasteiger partial charge in [-0.3, -0.25) is 0 Å². The number of anilines is 2. The lowest BCUT2D eigenvalue weighted by Gasteiger charge is -2.32. The van der Waals surface area contributed by atoms with Gasteiger partial charge in [-0.25, -0.2) is 0 Å². The van der Waals surface area contributed by atoms with Crippen LogP contribution in [0.25, 0.3) is 0 Å². The molecule has 5 heteroatoms. The van der Waals surface area contributed by atoms with Gasteiger partial charge in [-0.1, -0.05) is 36.8 Å². The number of rotatable bonds is 8. The molecule has 0 radical (unpaired) electrons. The van der Waals surface area contributed by atoms with Gasteiger partial charge in [0.1, 0.15) is 0 Å². The number of hydrogen-bond acceptors (Lipinski definition) is 3. The van der Waals surface area contributed by atoms with Gasteiger partial charge in [-0.05, 0) is 74.2 Å². The molecule has 0 bridgehead atoms. The smallest absolute Gasteiger partial charge is 0.173 e. The van der Waals surface area contributed by atoms with Crippen molar-refractivity contribution in [3.63, 3.8) is 0 Å². The zero-order chi connectivity index (χ0) is 21.5. The largest absolute Gasteiger partial charge is 0.383 e. The van der Waals surface area contributed by atoms with Crippen LogP contribution >= 0.6 is 12.2 Å². The van der Waals surface area contributed by atoms with Crippen LogP contribution in [0.15, 0.2) is 36.4 Å². The molecule has 0 unspecified atom stereocenters. The molecule has 0 fully saturated rings. The third-order valence-electron chi connectivity index (χ3n) is 5.70. The van der Waals surface area contributed by atoms with E-state index in [-0.39, 0.29) is 0 Å². The SMILES string of the molecule is CCCN1CCCc2cc(CN(CCOC)C(=S)Nc3ccc(C)cc3C)ccc21. The average molecular weight is 426 g/mol. The number of ether oxygens (including phenoxy) is 1. The molecule has 3 rings (SSSR count). The minimum atomic E-state index is 0.643. The Hall–Kier alpha value is -2.11. The number of nitrogens with one attached hydrogen (secondary N) is 1. The van der Waals surface area contributed by atoms with E-state index in [2.05, 4.69) is 72.3 Å². The molecule has 0 saturated heterocycles. The van der Waals surface area contributed by atoms with Crippen LogP contribution < -0.4 is 10.2 Å². The second-order valence-corrected chi connectivity index (χ2v) is 8.60. The van der Waals surface area contributed by atoms with Crippen LogP contribution in [0.1, 0.15) is 42.0 Å². The maximum absolute atomic E-state index is 5.79. The Morgan fingerprint density at radius 1 is 1.20 bits per heavy atom. The number of aryl methyl sites for hydroxylation is 3. The predicted molar refractivity (Wildman–Crippen MR) is 132 cm³/mol. The Kier molecular flexibility index (Phi) is 8.11. The van der Waals surface area contributed by atoms with Crippen molar-refractivity contribution in [2.45, 2.75) is 46.6 Å². The van der Waals surface area contributed by atoms with Crippen molar-refractivity contribution < 1.29 is 4.74 Å². The number of thiocarbonyl (C=S) groups is 1. The van der Waals surface area contributed by atoms with E-state index in [4.69, 9.17) is 17.0 Å². The highest BCUT2D eigenvalue weighted by Gasteiger charge is 2.18. The number of hydrogen-bond donors (Lipinski definition) is 1. The molecule has 0 aromatic heterocycles. The molecule has 2 aromatic carbocycles. The van der Waals surface area contributed by atoms with E-state index >= 15 is 0 Å². The third kappa shape index (κ3) is 5.73. The van der Waals surface area contributed by atoms with Crippen LogP contribution in [0.3, 0.4) is 0 Å². The van der Waals surface area contributed by atoms with Crippen LogP contribution in [0.4, 0.5) is 11.4 Å². The number of benzene rings is 2. The van der Waals surface area contributed by atoms with E-state index in [0.29, 0.717) is 6.61 Å². The highest BCUT2D eigenvalue weighted by Crippen LogP contribution is 2.28. The van der Waals surface area contributed by atoms with Crippen molar-refractivity contribution in [2.24, 2.45) is 0 Å². The summed E-state index contributed by atoms with van der Waals surface area (Å²) in [5, 5.41) is 4.19. The summed E-state index contributed by atoms with van der Waals surface area (Å²) >= 11 is 5.79. The van der Waals surface area contributed by atoms with E-state index in [0.717, 1.165) is 36.9 Å². The first-order valence-electron chi connectivity index (χ1n) is 11.0. The molecule has 0 saturated carbocycles. The maximum atomic E-state index is 5.79. The lowest BCUT2D eigenvalue weighted by molar-refractivity contribution is 0.175. The van der Waals surface area contributed by atoms with Crippen LogP contribution in [-0.2, 0) is 17.7 Å². The van der Waals surface area contributed by atoms with Crippen LogP contribution in [0, 0.1) is 13.8 Å². The van der Waals surface area contributed by atoms with Gasteiger partial charge in [0.15, 0.2) is 5.11 Å². The fourth-order valence-corrected chi connectivity index (χ4v) is 4.42. The molecular formula is C25H35N3OS. The van der Waals surface area contributed by atoms with Gasteiger partial charge in [-0.15, -0.1) is 0 Å². The summed E-state index contributed by atoms with van der Waals surface area (Å²) in [6, 6.07) is 13.3. The Bertz CT molecular complexity index is 867. The first kappa shape index (κ1) is 22.6. The van der Waals surface area contributed by atoms with E-state index in [1.165, 1.54) is 47.3 Å². The van der Waals surface area contributed by atoms with E-state index in [1.54, 1.807) is 7.11 Å². The van der Waals surface area contributed by atoms with Gasteiger partial charge in [0.25, 0.3) is 0 Å². The summed E-state index contributed by atoms with van der Waals surface area (Å²) in [5.41, 5.74) is 7.69. The molecular weight excluding hydrogens is 390 g/mol. The second kappa shape index (κ2) is 10.8. The summed E-state index contributed by atoms with van der Waals surface area (Å²) in [6.45, 7) is 11.0. The molecule has 0 atom stereocenters. The van der Waals surface area contributed by atoms with E-state index in [9.17, 15) is 0 Å². The summed E-state index contributed by atoms with van der Waals surface area (Å²) in [7, 11) is 1.74. The molecule has 0 spiro atoms. The standard InChI is InChI=1S/C25H35N3OS/c1-5-12-27-13-6-7-22-17-21(9-11-24(22)27)18-28(14-15-29-4)25(30)26-23-10-8-19(2)16-20(23)3/h8-11,16-17H,5-7,12-15,18H2,1-4H3,(H,26,30). The molecule has 0 amide bonds. The van der Waals surface area contributed by atoms with Gasteiger partial charge in [0, 0.05) is 44.7 Å². The molecule has 30 heavy (non-hydrogen) atoms. The quantitative estimate of drug-likeness (QED) is 0.579. The van der Waals surface area contributed by atoms with E-state index < -0.39 is 0 Å². The lowest BCUT2D eigenvalue weighted by atomic mass is 9.99. The Morgan fingerprint density at radius 3 is 2.77 bits per heavy atom. The van der Waals surface area contributed by atoms with Crippen molar-refractivity contribution in [1.82, 2.24) is 4.90 Å². The fourth-order valence-electron chi connectivity index (χ4n) is 4.15. The van der Waals surface area contributed by atoms with Gasteiger partial charge >= 0.3 is 0 Å². The summed E-state index contributed by atoms with van der Waals surface area (Å²) < 4.78 is 5.35. The van der Waals surface area contributed by atoms with Gasteiger partial charge in [-0.2, -0.15) is 0 Å². The van der Waals surface area contributed by atoms with Crippen molar-refractivity contribution in [1.29, 1.82) is 0 Å². The Labute approximate surface area is 187 Å². The zero-order valence-electron chi connectivity index (χ0n) is 18.8. The molecule has 1 aliphatic heterocycles. The highest BCUT2D eigenvalue weighted by molar-refractivity contribution is 7.80. The van der Waals surface area contributed by atoms with Crippen molar-refractivity contribution >= 4 is 28.7 Å². The number of nitrogens with zero attached hydrogens (tertiary/aromatic N) is 2. The fraction of sp³-hybridized carbons (Fsp3) is 0.480. The van der Waals surface area contributed by atoms with Gasteiger partial charge in [0.05, 0.1) is 6.61 Å². The summed E-state index contributed by atoms with van der Waals surface area (Å²) in [5.74, 6) is 0. The predicted octanol–water partition coefficient (Wildman–Crippen LogP) is 5.31. The maximum Gasteiger partial charge on any atom is 0.173 e. The molecule has 1 N–H and O–H groups in total. The summed E-state index contributed by atoms with van der Waals surface area (Å²) in [6.07, 6.45) is 3.58. The van der Waals surface area contributed by atoms with Crippen molar-refractivity contribution in [3.8, 4) is 0 Å². The normalized spacial score (nSPS) is 13.1. The van der Waals surface area contributed by atoms with Crippen LogP contribution in [0.2, 0.25) is 0 Å². The third-order valence-corrected chi connectivity index (χ3v) is 6.06. The molecule has 0 aliphatic carbocycles. The Balaban J connectivity index is 1.75. The minimum absolute atomic E-state index is 0.643. The number of methoxy groups -OCH3 is 1. The minimum Gasteiger partial charge on any atom is -0.383 e. The average Bonchev–Trinajstić information content (AvgIpc) is 2.73. The molecule has 4 nitrogen and oxygen atoms in total. The zero-order valence-corrected chi connectivity index (χ0v) is 19.6. The van der Waals surface area contributed by atoms with Gasteiger partial charge in [0.2, 0.25) is 0 Å². The van der Waals surface area contributed by atoms with Crippen LogP contribution in [-0.4, -0.2) is 43.4 Å². The molecule has 162 valence electrons. The Morgan fingerprint density at radius 2 is 2.03 bits per heavy atom. The highest BCUT2D eigenvalue weighted by atomic mass is 32.1. The first-order chi connectivity index (χ1) is 14.5. The topological polar surface area (TPSA) is 27.7 Å². The van der Waals surface area contributed by atoms with Crippen molar-refractivity contribution in [3.05, 3.63) is 58.7 Å². The molecule has 2 aromatic rings. The monoisotopic (exact) mass is 425 g/mol. The summed E-state index contributed by atoms with van der Waals surface area (Å²) in [4.78, 5) is 4.73. The van der Waals surface area contributed by atoms with Crippen molar-refractivity contribution in [2.75, 3.05) is 43.6 Å². The lowest BCUT2D eigenvalue weighted by Crippen LogP contribution is -2.37. The van der Waals surface area contributed by atoms with Gasteiger partial charge < -0.3 is 19.9 Å². The van der Waals surface area contributed by atoms with Crippen LogP contribution in [0.5, 0.6) is 0 Å². The first-order valence-corrected chi connectivity index (χ1v) is 11.4. The van der Waals surface area contributed by atoms with E-state index in [1.807, 2.05) is 0 Å². The number of fused-ring (bicyclic) bond motifs is 1. The molecule has 1 heterocycles. The molecule has 1 aliphatic rings. The second-order valence-electron chi connectivity index (χ2n) is 8.22.